The molecular weight excluding hydrogens is 697 g/mol. The van der Waals surface area contributed by atoms with Crippen molar-refractivity contribution in [3.8, 4) is 0 Å². The molecule has 1 aliphatic carbocycles. The molecule has 0 heterocycles. The predicted octanol–water partition coefficient (Wildman–Crippen LogP) is 15.0. The SMILES string of the molecule is CCCCCCCCC(CCCCCC)C(=O)OC(CCCCCCCCC1CC1CCCCCCCC)CCOC(=O)CCC(C)C(CC)OC(O)CCC. The molecule has 0 spiro atoms. The van der Waals surface area contributed by atoms with Crippen LogP contribution >= 0.6 is 0 Å². The normalized spacial score (nSPS) is 18.0. The minimum Gasteiger partial charge on any atom is -0.466 e. The lowest BCUT2D eigenvalue weighted by Crippen LogP contribution is -2.28. The van der Waals surface area contributed by atoms with Crippen LogP contribution in [0.15, 0.2) is 0 Å². The Hall–Kier alpha value is -1.14. The molecule has 0 aromatic heterocycles. The van der Waals surface area contributed by atoms with Crippen molar-refractivity contribution in [3.63, 3.8) is 0 Å². The van der Waals surface area contributed by atoms with Crippen LogP contribution in [0, 0.1) is 23.7 Å². The number of ether oxygens (including phenoxy) is 3. The van der Waals surface area contributed by atoms with Gasteiger partial charge in [-0.15, -0.1) is 0 Å². The smallest absolute Gasteiger partial charge is 0.309 e. The molecule has 0 saturated heterocycles. The third-order valence-corrected chi connectivity index (χ3v) is 12.7. The van der Waals surface area contributed by atoms with Crippen molar-refractivity contribution in [2.45, 2.75) is 278 Å². The maximum atomic E-state index is 13.7. The van der Waals surface area contributed by atoms with Gasteiger partial charge in [-0.3, -0.25) is 9.59 Å². The molecule has 0 bridgehead atoms. The maximum absolute atomic E-state index is 13.7. The first-order chi connectivity index (χ1) is 27.3. The maximum Gasteiger partial charge on any atom is 0.309 e. The molecule has 56 heavy (non-hydrogen) atoms. The van der Waals surface area contributed by atoms with Crippen molar-refractivity contribution in [2.24, 2.45) is 23.7 Å². The van der Waals surface area contributed by atoms with Gasteiger partial charge in [0.15, 0.2) is 6.29 Å². The molecule has 0 aliphatic heterocycles. The molecule has 7 unspecified atom stereocenters. The van der Waals surface area contributed by atoms with E-state index in [9.17, 15) is 14.7 Å². The molecule has 1 rings (SSSR count). The van der Waals surface area contributed by atoms with Gasteiger partial charge in [-0.05, 0) is 69.1 Å². The van der Waals surface area contributed by atoms with Crippen LogP contribution in [0.2, 0.25) is 0 Å². The average molecular weight is 793 g/mol. The van der Waals surface area contributed by atoms with Crippen molar-refractivity contribution in [1.29, 1.82) is 0 Å². The van der Waals surface area contributed by atoms with E-state index in [-0.39, 0.29) is 42.6 Å². The van der Waals surface area contributed by atoms with E-state index < -0.39 is 6.29 Å². The van der Waals surface area contributed by atoms with Crippen LogP contribution in [0.5, 0.6) is 0 Å². The van der Waals surface area contributed by atoms with Crippen LogP contribution in [0.1, 0.15) is 260 Å². The topological polar surface area (TPSA) is 82.1 Å². The third-order valence-electron chi connectivity index (χ3n) is 12.7. The summed E-state index contributed by atoms with van der Waals surface area (Å²) in [4.78, 5) is 26.5. The number of esters is 2. The van der Waals surface area contributed by atoms with Crippen LogP contribution < -0.4 is 0 Å². The van der Waals surface area contributed by atoms with Gasteiger partial charge in [-0.25, -0.2) is 0 Å². The zero-order valence-electron chi connectivity index (χ0n) is 38.3. The van der Waals surface area contributed by atoms with Gasteiger partial charge in [0.05, 0.1) is 18.6 Å². The fourth-order valence-corrected chi connectivity index (χ4v) is 8.64. The third kappa shape index (κ3) is 29.1. The van der Waals surface area contributed by atoms with Crippen molar-refractivity contribution < 1.29 is 28.9 Å². The predicted molar refractivity (Wildman–Crippen MR) is 237 cm³/mol. The van der Waals surface area contributed by atoms with Gasteiger partial charge in [0.25, 0.3) is 0 Å². The van der Waals surface area contributed by atoms with E-state index in [1.54, 1.807) is 0 Å². The zero-order chi connectivity index (χ0) is 41.1. The number of carbonyl (C=O) groups is 2. The molecule has 1 N–H and O–H groups in total. The van der Waals surface area contributed by atoms with Crippen LogP contribution in [0.25, 0.3) is 0 Å². The summed E-state index contributed by atoms with van der Waals surface area (Å²) < 4.78 is 17.9. The first-order valence-corrected chi connectivity index (χ1v) is 25.0. The van der Waals surface area contributed by atoms with E-state index in [4.69, 9.17) is 14.2 Å². The van der Waals surface area contributed by atoms with E-state index in [0.717, 1.165) is 63.2 Å². The molecule has 0 aromatic carbocycles. The van der Waals surface area contributed by atoms with Gasteiger partial charge in [-0.1, -0.05) is 196 Å². The number of rotatable bonds is 42. The van der Waals surface area contributed by atoms with E-state index >= 15 is 0 Å². The highest BCUT2D eigenvalue weighted by Gasteiger charge is 2.35. The van der Waals surface area contributed by atoms with Crippen LogP contribution in [-0.2, 0) is 23.8 Å². The zero-order valence-corrected chi connectivity index (χ0v) is 38.3. The summed E-state index contributed by atoms with van der Waals surface area (Å²) in [5.74, 6) is 1.94. The summed E-state index contributed by atoms with van der Waals surface area (Å²) in [6, 6.07) is 0. The molecule has 0 radical (unpaired) electrons. The van der Waals surface area contributed by atoms with E-state index in [1.165, 1.54) is 141 Å². The summed E-state index contributed by atoms with van der Waals surface area (Å²) in [5.41, 5.74) is 0. The number of hydrogen-bond donors (Lipinski definition) is 1. The molecule has 0 amide bonds. The Morgan fingerprint density at radius 3 is 1.57 bits per heavy atom. The number of unbranched alkanes of at least 4 members (excludes halogenated alkanes) is 18. The van der Waals surface area contributed by atoms with E-state index in [0.29, 0.717) is 25.7 Å². The van der Waals surface area contributed by atoms with Crippen molar-refractivity contribution in [2.75, 3.05) is 6.61 Å². The number of hydrogen-bond acceptors (Lipinski definition) is 6. The fourth-order valence-electron chi connectivity index (χ4n) is 8.64. The molecule has 1 saturated carbocycles. The summed E-state index contributed by atoms with van der Waals surface area (Å²) in [6.07, 6.45) is 37.9. The standard InChI is InChI=1S/C50H96O6/c1-7-12-15-18-22-27-33-43(32-26-17-14-9-3)50(53)55-46(39-40-54-48(51)38-37-42(6)47(11-5)56-49(52)31-10-4)36-30-25-21-20-24-29-35-45-41-44(45)34-28-23-19-16-13-8-2/h42-47,49,52H,7-41H2,1-6H3. The molecule has 7 atom stereocenters. The Morgan fingerprint density at radius 2 is 1.05 bits per heavy atom. The molecule has 6 nitrogen and oxygen atoms in total. The molecule has 0 aromatic rings. The molecule has 1 fully saturated rings. The summed E-state index contributed by atoms with van der Waals surface area (Å²) in [6.45, 7) is 13.2. The van der Waals surface area contributed by atoms with Crippen molar-refractivity contribution >= 4 is 11.9 Å². The molecule has 1 aliphatic rings. The Labute approximate surface area is 348 Å². The summed E-state index contributed by atoms with van der Waals surface area (Å²) in [7, 11) is 0. The Bertz CT molecular complexity index is 893. The van der Waals surface area contributed by atoms with Crippen LogP contribution in [0.4, 0.5) is 0 Å². The lowest BCUT2D eigenvalue weighted by atomic mass is 9.94. The molecule has 6 heteroatoms. The average Bonchev–Trinajstić information content (AvgIpc) is 3.94. The second-order valence-electron chi connectivity index (χ2n) is 18.0. The van der Waals surface area contributed by atoms with Gasteiger partial charge in [-0.2, -0.15) is 0 Å². The van der Waals surface area contributed by atoms with Crippen molar-refractivity contribution in [1.82, 2.24) is 0 Å². The van der Waals surface area contributed by atoms with Crippen molar-refractivity contribution in [3.05, 3.63) is 0 Å². The quantitative estimate of drug-likeness (QED) is 0.0377. The number of aliphatic hydroxyl groups excluding tert-OH is 1. The Balaban J connectivity index is 2.57. The van der Waals surface area contributed by atoms with Gasteiger partial charge in [0.1, 0.15) is 6.10 Å². The minimum absolute atomic E-state index is 0.0222. The first-order valence-electron chi connectivity index (χ1n) is 25.0. The number of carbonyl (C=O) groups excluding carboxylic acids is 2. The second kappa shape index (κ2) is 36.9. The van der Waals surface area contributed by atoms with E-state index in [2.05, 4.69) is 34.6 Å². The van der Waals surface area contributed by atoms with Gasteiger partial charge < -0.3 is 19.3 Å². The minimum atomic E-state index is -0.749. The summed E-state index contributed by atoms with van der Waals surface area (Å²) >= 11 is 0. The monoisotopic (exact) mass is 793 g/mol. The van der Waals surface area contributed by atoms with Gasteiger partial charge in [0, 0.05) is 12.8 Å². The molecular formula is C50H96O6. The highest BCUT2D eigenvalue weighted by molar-refractivity contribution is 5.72. The Morgan fingerprint density at radius 1 is 0.571 bits per heavy atom. The van der Waals surface area contributed by atoms with Gasteiger partial charge >= 0.3 is 11.9 Å². The molecule has 332 valence electrons. The van der Waals surface area contributed by atoms with E-state index in [1.807, 2.05) is 6.92 Å². The van der Waals surface area contributed by atoms with Crippen LogP contribution in [0.3, 0.4) is 0 Å². The number of aliphatic hydroxyl groups is 1. The lowest BCUT2D eigenvalue weighted by Gasteiger charge is -2.25. The van der Waals surface area contributed by atoms with Gasteiger partial charge in [0.2, 0.25) is 0 Å². The lowest BCUT2D eigenvalue weighted by molar-refractivity contribution is -0.157. The first kappa shape index (κ1) is 52.9. The second-order valence-corrected chi connectivity index (χ2v) is 18.0. The highest BCUT2D eigenvalue weighted by Crippen LogP contribution is 2.45. The highest BCUT2D eigenvalue weighted by atomic mass is 16.6. The van der Waals surface area contributed by atoms with Crippen LogP contribution in [-0.4, -0.2) is 42.1 Å². The summed E-state index contributed by atoms with van der Waals surface area (Å²) in [5, 5.41) is 10.1. The Kier molecular flexibility index (Phi) is 34.8. The fraction of sp³-hybridized carbons (Fsp3) is 0.960. The largest absolute Gasteiger partial charge is 0.466 e.